The maximum Gasteiger partial charge on any atom is 0.181 e. The fourth-order valence-electron chi connectivity index (χ4n) is 1.51. The summed E-state index contributed by atoms with van der Waals surface area (Å²) >= 11 is 0. The van der Waals surface area contributed by atoms with E-state index in [1.807, 2.05) is 24.3 Å². The van der Waals surface area contributed by atoms with Gasteiger partial charge < -0.3 is 9.26 Å². The smallest absolute Gasteiger partial charge is 0.181 e. The summed E-state index contributed by atoms with van der Waals surface area (Å²) in [7, 11) is 1.63. The van der Waals surface area contributed by atoms with Crippen LogP contribution in [0.1, 0.15) is 28.7 Å². The van der Waals surface area contributed by atoms with E-state index >= 15 is 0 Å². The summed E-state index contributed by atoms with van der Waals surface area (Å²) in [5.74, 6) is 1.41. The van der Waals surface area contributed by atoms with Crippen molar-refractivity contribution in [3.8, 4) is 5.75 Å². The number of rotatable bonds is 4. The monoisotopic (exact) mass is 231 g/mol. The minimum Gasteiger partial charge on any atom is -0.497 e. The molecule has 0 atom stereocenters. The van der Waals surface area contributed by atoms with Crippen LogP contribution in [0.25, 0.3) is 0 Å². The predicted molar refractivity (Wildman–Crippen MR) is 62.3 cm³/mol. The highest BCUT2D eigenvalue weighted by Gasteiger charge is 2.08. The van der Waals surface area contributed by atoms with Gasteiger partial charge in [0.2, 0.25) is 0 Å². The molecule has 0 N–H and O–H groups in total. The van der Waals surface area contributed by atoms with Crippen LogP contribution < -0.4 is 4.74 Å². The number of benzene rings is 1. The average Bonchev–Trinajstić information content (AvgIpc) is 2.79. The van der Waals surface area contributed by atoms with Gasteiger partial charge in [-0.2, -0.15) is 0 Å². The first-order chi connectivity index (χ1) is 8.19. The number of Topliss-reactive ketones (excluding diaryl/α,β-unsaturated/α-hetero) is 1. The van der Waals surface area contributed by atoms with Crippen LogP contribution in [0.3, 0.4) is 0 Å². The SMILES string of the molecule is COc1ccc(Cc2cc(C(C)=O)no2)cc1. The van der Waals surface area contributed by atoms with Gasteiger partial charge in [0.15, 0.2) is 5.78 Å². The van der Waals surface area contributed by atoms with Crippen molar-refractivity contribution in [2.45, 2.75) is 13.3 Å². The van der Waals surface area contributed by atoms with Crippen molar-refractivity contribution < 1.29 is 14.1 Å². The lowest BCUT2D eigenvalue weighted by atomic mass is 10.1. The molecule has 1 aromatic carbocycles. The molecule has 1 heterocycles. The van der Waals surface area contributed by atoms with Crippen LogP contribution in [0.5, 0.6) is 5.75 Å². The Kier molecular flexibility index (Phi) is 3.23. The molecule has 0 saturated carbocycles. The zero-order valence-electron chi connectivity index (χ0n) is 9.77. The molecule has 0 aliphatic carbocycles. The van der Waals surface area contributed by atoms with Gasteiger partial charge in [-0.15, -0.1) is 0 Å². The van der Waals surface area contributed by atoms with Crippen molar-refractivity contribution in [2.75, 3.05) is 7.11 Å². The fourth-order valence-corrected chi connectivity index (χ4v) is 1.51. The van der Waals surface area contributed by atoms with E-state index in [1.54, 1.807) is 13.2 Å². The standard InChI is InChI=1S/C13H13NO3/c1-9(15)13-8-12(17-14-13)7-10-3-5-11(16-2)6-4-10/h3-6,8H,7H2,1-2H3. The Morgan fingerprint density at radius 2 is 2.06 bits per heavy atom. The second-order valence-electron chi connectivity index (χ2n) is 3.76. The Bertz CT molecular complexity index is 514. The second-order valence-corrected chi connectivity index (χ2v) is 3.76. The molecule has 0 aliphatic rings. The van der Waals surface area contributed by atoms with Crippen molar-refractivity contribution in [1.82, 2.24) is 5.16 Å². The summed E-state index contributed by atoms with van der Waals surface area (Å²) in [6.45, 7) is 1.47. The molecule has 1 aromatic heterocycles. The van der Waals surface area contributed by atoms with Gasteiger partial charge in [-0.1, -0.05) is 17.3 Å². The maximum absolute atomic E-state index is 11.1. The number of carbonyl (C=O) groups excluding carboxylic acids is 1. The van der Waals surface area contributed by atoms with Gasteiger partial charge in [0, 0.05) is 19.4 Å². The van der Waals surface area contributed by atoms with Gasteiger partial charge in [-0.3, -0.25) is 4.79 Å². The van der Waals surface area contributed by atoms with Crippen LogP contribution in [0.2, 0.25) is 0 Å². The van der Waals surface area contributed by atoms with Crippen molar-refractivity contribution in [3.63, 3.8) is 0 Å². The van der Waals surface area contributed by atoms with E-state index in [0.29, 0.717) is 17.9 Å². The summed E-state index contributed by atoms with van der Waals surface area (Å²) in [5, 5.41) is 3.70. The number of hydrogen-bond acceptors (Lipinski definition) is 4. The summed E-state index contributed by atoms with van der Waals surface area (Å²) in [6.07, 6.45) is 0.615. The van der Waals surface area contributed by atoms with E-state index in [4.69, 9.17) is 9.26 Å². The number of methoxy groups -OCH3 is 1. The van der Waals surface area contributed by atoms with E-state index in [9.17, 15) is 4.79 Å². The molecular weight excluding hydrogens is 218 g/mol. The molecule has 0 aliphatic heterocycles. The molecule has 4 nitrogen and oxygen atoms in total. The van der Waals surface area contributed by atoms with Crippen LogP contribution >= 0.6 is 0 Å². The highest BCUT2D eigenvalue weighted by atomic mass is 16.5. The van der Waals surface area contributed by atoms with Gasteiger partial charge in [-0.25, -0.2) is 0 Å². The third kappa shape index (κ3) is 2.72. The molecule has 88 valence electrons. The molecule has 2 aromatic rings. The lowest BCUT2D eigenvalue weighted by molar-refractivity contribution is 0.100. The van der Waals surface area contributed by atoms with Crippen molar-refractivity contribution >= 4 is 5.78 Å². The maximum atomic E-state index is 11.1. The topological polar surface area (TPSA) is 52.3 Å². The Balaban J connectivity index is 2.11. The Morgan fingerprint density at radius 3 is 2.59 bits per heavy atom. The number of ketones is 1. The first-order valence-electron chi connectivity index (χ1n) is 5.28. The van der Waals surface area contributed by atoms with Gasteiger partial charge in [-0.05, 0) is 17.7 Å². The summed E-state index contributed by atoms with van der Waals surface area (Å²) in [6, 6.07) is 9.35. The molecule has 0 saturated heterocycles. The number of aromatic nitrogens is 1. The van der Waals surface area contributed by atoms with Crippen LogP contribution in [-0.4, -0.2) is 18.0 Å². The zero-order valence-corrected chi connectivity index (χ0v) is 9.77. The van der Waals surface area contributed by atoms with E-state index < -0.39 is 0 Å². The molecule has 0 bridgehead atoms. The van der Waals surface area contributed by atoms with E-state index in [1.165, 1.54) is 6.92 Å². The number of nitrogens with zero attached hydrogens (tertiary/aromatic N) is 1. The minimum atomic E-state index is -0.0882. The lowest BCUT2D eigenvalue weighted by Gasteiger charge is -2.00. The summed E-state index contributed by atoms with van der Waals surface area (Å²) < 4.78 is 10.2. The molecule has 0 unspecified atom stereocenters. The van der Waals surface area contributed by atoms with Crippen LogP contribution in [0.4, 0.5) is 0 Å². The quantitative estimate of drug-likeness (QED) is 0.758. The number of hydrogen-bond donors (Lipinski definition) is 0. The summed E-state index contributed by atoms with van der Waals surface area (Å²) in [5.41, 5.74) is 1.45. The minimum absolute atomic E-state index is 0.0882. The van der Waals surface area contributed by atoms with E-state index in [2.05, 4.69) is 5.16 Å². The predicted octanol–water partition coefficient (Wildman–Crippen LogP) is 2.48. The Morgan fingerprint density at radius 1 is 1.35 bits per heavy atom. The molecule has 4 heteroatoms. The van der Waals surface area contributed by atoms with Gasteiger partial charge in [0.25, 0.3) is 0 Å². The third-order valence-electron chi connectivity index (χ3n) is 2.46. The molecule has 17 heavy (non-hydrogen) atoms. The Hall–Kier alpha value is -2.10. The third-order valence-corrected chi connectivity index (χ3v) is 2.46. The second kappa shape index (κ2) is 4.82. The van der Waals surface area contributed by atoms with E-state index in [0.717, 1.165) is 11.3 Å². The molecule has 2 rings (SSSR count). The van der Waals surface area contributed by atoms with Gasteiger partial charge in [0.1, 0.15) is 17.2 Å². The number of carbonyl (C=O) groups is 1. The number of ether oxygens (including phenoxy) is 1. The van der Waals surface area contributed by atoms with Crippen LogP contribution in [0, 0.1) is 0 Å². The Labute approximate surface area is 99.2 Å². The molecule has 0 spiro atoms. The van der Waals surface area contributed by atoms with Crippen LogP contribution in [0.15, 0.2) is 34.9 Å². The normalized spacial score (nSPS) is 10.2. The molecular formula is C13H13NO3. The van der Waals surface area contributed by atoms with E-state index in [-0.39, 0.29) is 5.78 Å². The summed E-state index contributed by atoms with van der Waals surface area (Å²) in [4.78, 5) is 11.1. The zero-order chi connectivity index (χ0) is 12.3. The fraction of sp³-hybridized carbons (Fsp3) is 0.231. The first-order valence-corrected chi connectivity index (χ1v) is 5.28. The first kappa shape index (κ1) is 11.4. The molecule has 0 radical (unpaired) electrons. The van der Waals surface area contributed by atoms with Gasteiger partial charge >= 0.3 is 0 Å². The largest absolute Gasteiger partial charge is 0.497 e. The molecule has 0 amide bonds. The average molecular weight is 231 g/mol. The lowest BCUT2D eigenvalue weighted by Crippen LogP contribution is -1.90. The van der Waals surface area contributed by atoms with Gasteiger partial charge in [0.05, 0.1) is 7.11 Å². The molecule has 0 fully saturated rings. The highest BCUT2D eigenvalue weighted by Crippen LogP contribution is 2.15. The van der Waals surface area contributed by atoms with Crippen molar-refractivity contribution in [2.24, 2.45) is 0 Å². The highest BCUT2D eigenvalue weighted by molar-refractivity contribution is 5.91. The van der Waals surface area contributed by atoms with Crippen molar-refractivity contribution in [1.29, 1.82) is 0 Å². The van der Waals surface area contributed by atoms with Crippen LogP contribution in [-0.2, 0) is 6.42 Å². The van der Waals surface area contributed by atoms with Crippen molar-refractivity contribution in [3.05, 3.63) is 47.3 Å².